The lowest BCUT2D eigenvalue weighted by Crippen LogP contribution is -2.40. The Morgan fingerprint density at radius 2 is 2.27 bits per heavy atom. The third-order valence-electron chi connectivity index (χ3n) is 4.40. The van der Waals surface area contributed by atoms with E-state index in [9.17, 15) is 4.79 Å². The van der Waals surface area contributed by atoms with Crippen molar-refractivity contribution in [2.24, 2.45) is 0 Å². The van der Waals surface area contributed by atoms with Crippen LogP contribution in [0.15, 0.2) is 24.3 Å². The van der Waals surface area contributed by atoms with Crippen LogP contribution in [0.5, 0.6) is 0 Å². The number of carbonyl (C=O) groups excluding carboxylic acids is 1. The van der Waals surface area contributed by atoms with Crippen LogP contribution >= 0.6 is 0 Å². The lowest BCUT2D eigenvalue weighted by atomic mass is 10.0. The molecule has 1 atom stereocenters. The summed E-state index contributed by atoms with van der Waals surface area (Å²) in [5.41, 5.74) is 8.01. The molecule has 1 fully saturated rings. The first kappa shape index (κ1) is 14.9. The summed E-state index contributed by atoms with van der Waals surface area (Å²) in [5, 5.41) is 4.01. The van der Waals surface area contributed by atoms with Crippen LogP contribution < -0.4 is 11.1 Å². The van der Waals surface area contributed by atoms with Crippen molar-refractivity contribution in [1.82, 2.24) is 9.88 Å². The highest BCUT2D eigenvalue weighted by Gasteiger charge is 2.30. The van der Waals surface area contributed by atoms with Crippen molar-refractivity contribution < 1.29 is 9.53 Å². The summed E-state index contributed by atoms with van der Waals surface area (Å²) in [6.45, 7) is 6.15. The Balaban J connectivity index is 1.84. The molecule has 3 N–H and O–H groups in total. The van der Waals surface area contributed by atoms with Crippen LogP contribution in [0.2, 0.25) is 0 Å². The van der Waals surface area contributed by atoms with Gasteiger partial charge in [-0.3, -0.25) is 4.79 Å². The molecule has 1 aliphatic rings. The molecule has 1 aromatic heterocycles. The molecule has 0 radical (unpaired) electrons. The number of hydrogen-bond donors (Lipinski definition) is 2. The Labute approximate surface area is 130 Å². The summed E-state index contributed by atoms with van der Waals surface area (Å²) < 4.78 is 7.74. The van der Waals surface area contributed by atoms with Gasteiger partial charge in [0.2, 0.25) is 0 Å². The van der Waals surface area contributed by atoms with Gasteiger partial charge >= 0.3 is 0 Å². The Hall–Kier alpha value is -2.01. The first-order valence-electron chi connectivity index (χ1n) is 7.83. The second-order valence-corrected chi connectivity index (χ2v) is 6.18. The van der Waals surface area contributed by atoms with Crippen molar-refractivity contribution in [2.45, 2.75) is 38.8 Å². The zero-order valence-electron chi connectivity index (χ0n) is 13.2. The molecule has 1 aromatic carbocycles. The van der Waals surface area contributed by atoms with Gasteiger partial charge in [0, 0.05) is 36.3 Å². The normalized spacial score (nSPS) is 21.4. The third kappa shape index (κ3) is 2.68. The SMILES string of the molecule is CCn1c(C(=O)NCC2(C)CCCO2)cc2cc(N)ccc21. The molecule has 0 saturated carbocycles. The van der Waals surface area contributed by atoms with E-state index in [1.165, 1.54) is 0 Å². The quantitative estimate of drug-likeness (QED) is 0.853. The molecule has 0 spiro atoms. The van der Waals surface area contributed by atoms with Gasteiger partial charge in [0.05, 0.1) is 5.60 Å². The molecular formula is C17H23N3O2. The van der Waals surface area contributed by atoms with E-state index < -0.39 is 0 Å². The van der Waals surface area contributed by atoms with Crippen LogP contribution in [0.3, 0.4) is 0 Å². The molecular weight excluding hydrogens is 278 g/mol. The lowest BCUT2D eigenvalue weighted by molar-refractivity contribution is 0.0205. The Bertz CT molecular complexity index is 699. The highest BCUT2D eigenvalue weighted by atomic mass is 16.5. The molecule has 3 rings (SSSR count). The van der Waals surface area contributed by atoms with Gasteiger partial charge in [-0.2, -0.15) is 0 Å². The summed E-state index contributed by atoms with van der Waals surface area (Å²) in [5.74, 6) is -0.0617. The molecule has 2 aromatic rings. The van der Waals surface area contributed by atoms with E-state index in [0.29, 0.717) is 17.9 Å². The Morgan fingerprint density at radius 1 is 1.45 bits per heavy atom. The number of rotatable bonds is 4. The predicted octanol–water partition coefficient (Wildman–Crippen LogP) is 2.54. The van der Waals surface area contributed by atoms with Crippen LogP contribution in [0.4, 0.5) is 5.69 Å². The number of benzene rings is 1. The van der Waals surface area contributed by atoms with Crippen LogP contribution in [-0.2, 0) is 11.3 Å². The zero-order chi connectivity index (χ0) is 15.7. The van der Waals surface area contributed by atoms with Gasteiger partial charge in [-0.15, -0.1) is 0 Å². The number of aryl methyl sites for hydroxylation is 1. The summed E-state index contributed by atoms with van der Waals surface area (Å²) in [6.07, 6.45) is 2.04. The van der Waals surface area contributed by atoms with Crippen molar-refractivity contribution in [3.8, 4) is 0 Å². The highest BCUT2D eigenvalue weighted by molar-refractivity contribution is 5.99. The van der Waals surface area contributed by atoms with Crippen molar-refractivity contribution in [3.63, 3.8) is 0 Å². The first-order chi connectivity index (χ1) is 10.5. The second kappa shape index (κ2) is 5.65. The zero-order valence-corrected chi connectivity index (χ0v) is 13.2. The van der Waals surface area contributed by atoms with E-state index in [4.69, 9.17) is 10.5 Å². The topological polar surface area (TPSA) is 69.3 Å². The van der Waals surface area contributed by atoms with Crippen LogP contribution in [0.25, 0.3) is 10.9 Å². The second-order valence-electron chi connectivity index (χ2n) is 6.18. The van der Waals surface area contributed by atoms with E-state index >= 15 is 0 Å². The molecule has 5 heteroatoms. The maximum Gasteiger partial charge on any atom is 0.268 e. The molecule has 2 heterocycles. The maximum absolute atomic E-state index is 12.6. The van der Waals surface area contributed by atoms with E-state index in [1.807, 2.05) is 35.8 Å². The number of aromatic nitrogens is 1. The van der Waals surface area contributed by atoms with Crippen LogP contribution in [0.1, 0.15) is 37.2 Å². The number of fused-ring (bicyclic) bond motifs is 1. The minimum absolute atomic E-state index is 0.0617. The first-order valence-corrected chi connectivity index (χ1v) is 7.83. The van der Waals surface area contributed by atoms with Crippen molar-refractivity contribution >= 4 is 22.5 Å². The van der Waals surface area contributed by atoms with Gasteiger partial charge in [-0.05, 0) is 51.0 Å². The molecule has 1 unspecified atom stereocenters. The van der Waals surface area contributed by atoms with E-state index in [2.05, 4.69) is 12.2 Å². The predicted molar refractivity (Wildman–Crippen MR) is 87.9 cm³/mol. The number of nitrogens with zero attached hydrogens (tertiary/aromatic N) is 1. The summed E-state index contributed by atoms with van der Waals surface area (Å²) in [6, 6.07) is 7.64. The lowest BCUT2D eigenvalue weighted by Gasteiger charge is -2.23. The molecule has 1 amide bonds. The fourth-order valence-electron chi connectivity index (χ4n) is 3.15. The van der Waals surface area contributed by atoms with Gasteiger partial charge in [0.1, 0.15) is 5.69 Å². The minimum atomic E-state index is -0.233. The Morgan fingerprint density at radius 3 is 2.95 bits per heavy atom. The smallest absolute Gasteiger partial charge is 0.268 e. The molecule has 0 aliphatic carbocycles. The average molecular weight is 301 g/mol. The molecule has 118 valence electrons. The van der Waals surface area contributed by atoms with Gasteiger partial charge in [0.25, 0.3) is 5.91 Å². The van der Waals surface area contributed by atoms with Gasteiger partial charge in [0.15, 0.2) is 0 Å². The monoisotopic (exact) mass is 301 g/mol. The largest absolute Gasteiger partial charge is 0.399 e. The number of amides is 1. The fraction of sp³-hybridized carbons (Fsp3) is 0.471. The number of ether oxygens (including phenoxy) is 1. The highest BCUT2D eigenvalue weighted by Crippen LogP contribution is 2.25. The van der Waals surface area contributed by atoms with Crippen LogP contribution in [0, 0.1) is 0 Å². The van der Waals surface area contributed by atoms with Crippen LogP contribution in [-0.4, -0.2) is 29.2 Å². The number of hydrogen-bond acceptors (Lipinski definition) is 3. The minimum Gasteiger partial charge on any atom is -0.399 e. The number of carbonyl (C=O) groups is 1. The van der Waals surface area contributed by atoms with E-state index in [-0.39, 0.29) is 11.5 Å². The summed E-state index contributed by atoms with van der Waals surface area (Å²) >= 11 is 0. The molecule has 5 nitrogen and oxygen atoms in total. The summed E-state index contributed by atoms with van der Waals surface area (Å²) in [4.78, 5) is 12.6. The van der Waals surface area contributed by atoms with E-state index in [0.717, 1.165) is 36.9 Å². The number of anilines is 1. The van der Waals surface area contributed by atoms with E-state index in [1.54, 1.807) is 0 Å². The summed E-state index contributed by atoms with van der Waals surface area (Å²) in [7, 11) is 0. The average Bonchev–Trinajstić information content (AvgIpc) is 3.08. The number of nitrogens with two attached hydrogens (primary N) is 1. The fourth-order valence-corrected chi connectivity index (χ4v) is 3.15. The number of nitrogens with one attached hydrogen (secondary N) is 1. The molecule has 22 heavy (non-hydrogen) atoms. The van der Waals surface area contributed by atoms with Crippen molar-refractivity contribution in [2.75, 3.05) is 18.9 Å². The molecule has 1 saturated heterocycles. The standard InChI is InChI=1S/C17H23N3O2/c1-3-20-14-6-5-13(18)9-12(14)10-15(20)16(21)19-11-17(2)7-4-8-22-17/h5-6,9-10H,3-4,7-8,11,18H2,1-2H3,(H,19,21). The molecule has 0 bridgehead atoms. The Kier molecular flexibility index (Phi) is 3.83. The van der Waals surface area contributed by atoms with Gasteiger partial charge in [-0.1, -0.05) is 0 Å². The maximum atomic E-state index is 12.6. The third-order valence-corrected chi connectivity index (χ3v) is 4.40. The van der Waals surface area contributed by atoms with Crippen molar-refractivity contribution in [3.05, 3.63) is 30.0 Å². The molecule has 1 aliphatic heterocycles. The van der Waals surface area contributed by atoms with Gasteiger partial charge < -0.3 is 20.4 Å². The van der Waals surface area contributed by atoms with Crippen molar-refractivity contribution in [1.29, 1.82) is 0 Å². The number of nitrogen functional groups attached to an aromatic ring is 1. The van der Waals surface area contributed by atoms with Gasteiger partial charge in [-0.25, -0.2) is 0 Å².